The summed E-state index contributed by atoms with van der Waals surface area (Å²) in [6.07, 6.45) is 0.797. The third-order valence-corrected chi connectivity index (χ3v) is 3.81. The highest BCUT2D eigenvalue weighted by molar-refractivity contribution is 14.1. The Morgan fingerprint density at radius 2 is 2.25 bits per heavy atom. The molecule has 1 N–H and O–H groups in total. The molecule has 0 saturated carbocycles. The van der Waals surface area contributed by atoms with Crippen LogP contribution >= 0.6 is 22.6 Å². The summed E-state index contributed by atoms with van der Waals surface area (Å²) in [5.41, 5.74) is 2.89. The van der Waals surface area contributed by atoms with Crippen LogP contribution in [0.4, 0.5) is 0 Å². The van der Waals surface area contributed by atoms with Crippen molar-refractivity contribution < 1.29 is 4.74 Å². The molecule has 0 unspecified atom stereocenters. The van der Waals surface area contributed by atoms with Gasteiger partial charge in [0.15, 0.2) is 5.43 Å². The second-order valence-corrected chi connectivity index (χ2v) is 5.04. The summed E-state index contributed by atoms with van der Waals surface area (Å²) in [4.78, 5) is 15.6. The molecule has 0 atom stereocenters. The van der Waals surface area contributed by atoms with E-state index in [0.717, 1.165) is 32.2 Å². The first-order chi connectivity index (χ1) is 7.77. The van der Waals surface area contributed by atoms with Crippen molar-refractivity contribution in [3.63, 3.8) is 0 Å². The van der Waals surface area contributed by atoms with E-state index in [1.807, 2.05) is 18.2 Å². The van der Waals surface area contributed by atoms with Gasteiger partial charge in [-0.3, -0.25) is 4.79 Å². The molecule has 0 spiro atoms. The Kier molecular flexibility index (Phi) is 2.48. The number of aromatic nitrogens is 1. The lowest BCUT2D eigenvalue weighted by Crippen LogP contribution is -2.21. The van der Waals surface area contributed by atoms with E-state index in [2.05, 4.69) is 27.6 Å². The topological polar surface area (TPSA) is 42.1 Å². The molecule has 0 aliphatic carbocycles. The summed E-state index contributed by atoms with van der Waals surface area (Å²) in [6.45, 7) is 1.13. The van der Waals surface area contributed by atoms with Gasteiger partial charge in [0.2, 0.25) is 0 Å². The summed E-state index contributed by atoms with van der Waals surface area (Å²) in [5.74, 6) is 0. The molecule has 1 aromatic carbocycles. The van der Waals surface area contributed by atoms with Crippen LogP contribution in [0.15, 0.2) is 23.0 Å². The Bertz CT molecular complexity index is 618. The lowest BCUT2D eigenvalue weighted by Gasteiger charge is -2.16. The van der Waals surface area contributed by atoms with E-state index in [0.29, 0.717) is 13.2 Å². The third-order valence-electron chi connectivity index (χ3n) is 2.92. The van der Waals surface area contributed by atoms with Gasteiger partial charge >= 0.3 is 0 Å². The number of benzene rings is 1. The number of para-hydroxylation sites is 1. The number of hydrogen-bond donors (Lipinski definition) is 1. The van der Waals surface area contributed by atoms with Crippen molar-refractivity contribution in [3.8, 4) is 0 Å². The summed E-state index contributed by atoms with van der Waals surface area (Å²) in [6, 6.07) is 5.78. The van der Waals surface area contributed by atoms with E-state index in [1.54, 1.807) is 0 Å². The summed E-state index contributed by atoms with van der Waals surface area (Å²) >= 11 is 2.25. The fourth-order valence-corrected chi connectivity index (χ4v) is 2.71. The van der Waals surface area contributed by atoms with Gasteiger partial charge < -0.3 is 9.72 Å². The average molecular weight is 327 g/mol. The van der Waals surface area contributed by atoms with Crippen molar-refractivity contribution in [3.05, 3.63) is 43.2 Å². The number of rotatable bonds is 0. The van der Waals surface area contributed by atoms with Crippen LogP contribution in [0.3, 0.4) is 0 Å². The maximum atomic E-state index is 12.2. The molecule has 3 rings (SSSR count). The molecule has 1 aromatic heterocycles. The van der Waals surface area contributed by atoms with E-state index >= 15 is 0 Å². The maximum Gasteiger partial charge on any atom is 0.195 e. The molecule has 3 nitrogen and oxygen atoms in total. The number of pyridine rings is 1. The van der Waals surface area contributed by atoms with Gasteiger partial charge in [-0.25, -0.2) is 0 Å². The van der Waals surface area contributed by atoms with Crippen molar-refractivity contribution in [1.29, 1.82) is 0 Å². The first-order valence-corrected chi connectivity index (χ1v) is 6.25. The monoisotopic (exact) mass is 327 g/mol. The van der Waals surface area contributed by atoms with E-state index in [-0.39, 0.29) is 5.43 Å². The Morgan fingerprint density at radius 1 is 1.38 bits per heavy atom. The predicted octanol–water partition coefficient (Wildman–Crippen LogP) is 2.21. The van der Waals surface area contributed by atoms with Crippen LogP contribution in [0.2, 0.25) is 0 Å². The van der Waals surface area contributed by atoms with Gasteiger partial charge in [0.05, 0.1) is 18.7 Å². The number of H-pyrrole nitrogens is 1. The molecular weight excluding hydrogens is 317 g/mol. The van der Waals surface area contributed by atoms with Gasteiger partial charge in [-0.2, -0.15) is 0 Å². The van der Waals surface area contributed by atoms with Gasteiger partial charge in [0.1, 0.15) is 0 Å². The molecule has 0 amide bonds. The zero-order valence-corrected chi connectivity index (χ0v) is 10.7. The number of nitrogens with one attached hydrogen (secondary N) is 1. The Hall–Kier alpha value is -0.880. The first kappa shape index (κ1) is 10.3. The first-order valence-electron chi connectivity index (χ1n) is 5.17. The van der Waals surface area contributed by atoms with Gasteiger partial charge in [0.25, 0.3) is 0 Å². The molecule has 4 heteroatoms. The zero-order chi connectivity index (χ0) is 11.1. The summed E-state index contributed by atoms with van der Waals surface area (Å²) in [7, 11) is 0. The van der Waals surface area contributed by atoms with Crippen molar-refractivity contribution in [2.75, 3.05) is 6.61 Å². The SMILES string of the molecule is O=c1c2c([nH]c3c(I)cccc13)CCOC2. The average Bonchev–Trinajstić information content (AvgIpc) is 2.31. The maximum absolute atomic E-state index is 12.2. The van der Waals surface area contributed by atoms with Gasteiger partial charge in [0, 0.05) is 26.6 Å². The molecule has 0 fully saturated rings. The second-order valence-electron chi connectivity index (χ2n) is 3.88. The van der Waals surface area contributed by atoms with Crippen LogP contribution in [0.1, 0.15) is 11.3 Å². The van der Waals surface area contributed by atoms with Crippen LogP contribution in [0.5, 0.6) is 0 Å². The van der Waals surface area contributed by atoms with E-state index in [1.165, 1.54) is 0 Å². The standard InChI is InChI=1S/C12H10INO2/c13-9-3-1-2-7-11(9)14-10-4-5-16-6-8(10)12(7)15/h1-3H,4-6H2,(H,14,15). The summed E-state index contributed by atoms with van der Waals surface area (Å²) in [5, 5.41) is 0.760. The number of hydrogen-bond acceptors (Lipinski definition) is 2. The largest absolute Gasteiger partial charge is 0.376 e. The zero-order valence-electron chi connectivity index (χ0n) is 8.55. The minimum atomic E-state index is 0.113. The van der Waals surface area contributed by atoms with Crippen molar-refractivity contribution >= 4 is 33.5 Å². The van der Waals surface area contributed by atoms with Crippen LogP contribution in [-0.4, -0.2) is 11.6 Å². The predicted molar refractivity (Wildman–Crippen MR) is 70.6 cm³/mol. The summed E-state index contributed by atoms with van der Waals surface area (Å²) < 4.78 is 6.42. The second kappa shape index (κ2) is 3.85. The molecule has 1 aliphatic heterocycles. The van der Waals surface area contributed by atoms with E-state index in [4.69, 9.17) is 4.74 Å². The number of ether oxygens (including phenoxy) is 1. The number of fused-ring (bicyclic) bond motifs is 2. The van der Waals surface area contributed by atoms with Crippen molar-refractivity contribution in [1.82, 2.24) is 4.98 Å². The third kappa shape index (κ3) is 1.48. The van der Waals surface area contributed by atoms with Crippen LogP contribution in [0.25, 0.3) is 10.9 Å². The smallest absolute Gasteiger partial charge is 0.195 e. The minimum Gasteiger partial charge on any atom is -0.376 e. The van der Waals surface area contributed by atoms with Crippen molar-refractivity contribution in [2.45, 2.75) is 13.0 Å². The molecule has 0 bridgehead atoms. The Labute approximate surface area is 106 Å². The molecule has 1 aliphatic rings. The lowest BCUT2D eigenvalue weighted by molar-refractivity contribution is 0.109. The number of aromatic amines is 1. The minimum absolute atomic E-state index is 0.113. The highest BCUT2D eigenvalue weighted by Crippen LogP contribution is 2.20. The normalized spacial score (nSPS) is 15.1. The fraction of sp³-hybridized carbons (Fsp3) is 0.250. The molecule has 2 heterocycles. The highest BCUT2D eigenvalue weighted by Gasteiger charge is 2.16. The van der Waals surface area contributed by atoms with Crippen molar-refractivity contribution in [2.24, 2.45) is 0 Å². The Balaban J connectivity index is 2.44. The van der Waals surface area contributed by atoms with Gasteiger partial charge in [-0.15, -0.1) is 0 Å². The Morgan fingerprint density at radius 3 is 3.12 bits per heavy atom. The molecule has 2 aromatic rings. The molecular formula is C12H10INO2. The molecule has 0 saturated heterocycles. The molecule has 82 valence electrons. The van der Waals surface area contributed by atoms with Crippen LogP contribution < -0.4 is 5.43 Å². The highest BCUT2D eigenvalue weighted by atomic mass is 127. The number of halogens is 1. The molecule has 16 heavy (non-hydrogen) atoms. The van der Waals surface area contributed by atoms with E-state index in [9.17, 15) is 4.79 Å². The fourth-order valence-electron chi connectivity index (χ4n) is 2.08. The van der Waals surface area contributed by atoms with Gasteiger partial charge in [-0.1, -0.05) is 6.07 Å². The quantitative estimate of drug-likeness (QED) is 0.754. The van der Waals surface area contributed by atoms with Gasteiger partial charge in [-0.05, 0) is 34.7 Å². The van der Waals surface area contributed by atoms with Crippen LogP contribution in [-0.2, 0) is 17.8 Å². The lowest BCUT2D eigenvalue weighted by atomic mass is 10.1. The van der Waals surface area contributed by atoms with Crippen LogP contribution in [0, 0.1) is 3.57 Å². The van der Waals surface area contributed by atoms with E-state index < -0.39 is 0 Å². The molecule has 0 radical (unpaired) electrons.